The van der Waals surface area contributed by atoms with E-state index in [0.717, 1.165) is 49.4 Å². The number of para-hydroxylation sites is 1. The first-order valence-electron chi connectivity index (χ1n) is 19.3. The lowest BCUT2D eigenvalue weighted by atomic mass is 9.82. The fourth-order valence-electron chi connectivity index (χ4n) is 9.88. The van der Waals surface area contributed by atoms with Gasteiger partial charge in [0.25, 0.3) is 0 Å². The number of furan rings is 2. The lowest BCUT2D eigenvalue weighted by Crippen LogP contribution is -1.93. The molecule has 0 bridgehead atoms. The van der Waals surface area contributed by atoms with Gasteiger partial charge in [-0.05, 0) is 123 Å². The van der Waals surface area contributed by atoms with Crippen molar-refractivity contribution in [2.24, 2.45) is 0 Å². The summed E-state index contributed by atoms with van der Waals surface area (Å²) in [6.07, 6.45) is 0. The Morgan fingerprint density at radius 3 is 1.30 bits per heavy atom. The van der Waals surface area contributed by atoms with Crippen molar-refractivity contribution in [2.45, 2.75) is 0 Å². The number of hydrogen-bond donors (Lipinski definition) is 0. The monoisotopic (exact) mass is 710 g/mol. The Labute approximate surface area is 320 Å². The van der Waals surface area contributed by atoms with E-state index in [1.165, 1.54) is 81.3 Å². The zero-order valence-electron chi connectivity index (χ0n) is 30.1. The van der Waals surface area contributed by atoms with Gasteiger partial charge in [-0.15, -0.1) is 0 Å². The summed E-state index contributed by atoms with van der Waals surface area (Å²) in [4.78, 5) is 0. The van der Waals surface area contributed by atoms with Crippen molar-refractivity contribution >= 4 is 109 Å². The van der Waals surface area contributed by atoms with Crippen molar-refractivity contribution in [1.29, 1.82) is 0 Å². The maximum absolute atomic E-state index is 6.58. The molecule has 0 aliphatic heterocycles. The van der Waals surface area contributed by atoms with E-state index in [0.29, 0.717) is 0 Å². The summed E-state index contributed by atoms with van der Waals surface area (Å²) in [5.41, 5.74) is 8.20. The van der Waals surface area contributed by atoms with Crippen molar-refractivity contribution in [3.63, 3.8) is 0 Å². The predicted molar refractivity (Wildman–Crippen MR) is 237 cm³/mol. The standard InChI is InChI=1S/C54H30O2/c1-2-15-34-32(13-1)33-14-3-5-18-37(33)51-38-19-6-4-16-35(38)47(30-46(34)51)52-41-22-9-7-20-39(41)50(40-21-8-10-23-42(40)52)31-25-28-49-45(29-31)44-27-26-43-36-17-11-12-24-48(36)55-53(43)54(44)56-49/h1-30H. The van der Waals surface area contributed by atoms with Crippen LogP contribution in [0.5, 0.6) is 0 Å². The molecule has 0 N–H and O–H groups in total. The number of benzene rings is 11. The molecular formula is C54H30O2. The van der Waals surface area contributed by atoms with Crippen LogP contribution in [-0.4, -0.2) is 0 Å². The Balaban J connectivity index is 1.13. The zero-order valence-corrected chi connectivity index (χ0v) is 30.1. The van der Waals surface area contributed by atoms with Crippen LogP contribution in [0, 0.1) is 0 Å². The fourth-order valence-corrected chi connectivity index (χ4v) is 9.88. The highest BCUT2D eigenvalue weighted by Crippen LogP contribution is 2.49. The summed E-state index contributed by atoms with van der Waals surface area (Å²) in [7, 11) is 0. The van der Waals surface area contributed by atoms with Crippen molar-refractivity contribution < 1.29 is 8.83 Å². The minimum atomic E-state index is 0.791. The third-order valence-electron chi connectivity index (χ3n) is 12.2. The van der Waals surface area contributed by atoms with Gasteiger partial charge in [-0.2, -0.15) is 0 Å². The largest absolute Gasteiger partial charge is 0.452 e. The molecule has 0 unspecified atom stereocenters. The molecule has 0 saturated carbocycles. The Bertz CT molecular complexity index is 3770. The Morgan fingerprint density at radius 2 is 0.679 bits per heavy atom. The van der Waals surface area contributed by atoms with Gasteiger partial charge in [0.15, 0.2) is 11.2 Å². The Kier molecular flexibility index (Phi) is 5.92. The van der Waals surface area contributed by atoms with Crippen LogP contribution >= 0.6 is 0 Å². The molecule has 0 fully saturated rings. The molecule has 0 saturated heterocycles. The first-order chi connectivity index (χ1) is 27.8. The van der Waals surface area contributed by atoms with E-state index in [9.17, 15) is 0 Å². The van der Waals surface area contributed by atoms with Crippen LogP contribution in [0.1, 0.15) is 0 Å². The van der Waals surface area contributed by atoms with Crippen molar-refractivity contribution in [3.8, 4) is 22.3 Å². The summed E-state index contributed by atoms with van der Waals surface area (Å²) >= 11 is 0. The molecule has 13 aromatic rings. The average Bonchev–Trinajstić information content (AvgIpc) is 3.84. The van der Waals surface area contributed by atoms with Gasteiger partial charge in [-0.3, -0.25) is 0 Å². The Hall–Kier alpha value is -7.42. The molecule has 2 heteroatoms. The molecule has 258 valence electrons. The molecule has 2 nitrogen and oxygen atoms in total. The number of fused-ring (bicyclic) bond motifs is 17. The van der Waals surface area contributed by atoms with Gasteiger partial charge in [0.05, 0.1) is 0 Å². The second-order valence-electron chi connectivity index (χ2n) is 15.1. The lowest BCUT2D eigenvalue weighted by Gasteiger charge is -2.20. The van der Waals surface area contributed by atoms with Gasteiger partial charge >= 0.3 is 0 Å². The van der Waals surface area contributed by atoms with E-state index in [2.05, 4.69) is 170 Å². The van der Waals surface area contributed by atoms with E-state index in [-0.39, 0.29) is 0 Å². The third-order valence-corrected chi connectivity index (χ3v) is 12.2. The smallest absolute Gasteiger partial charge is 0.178 e. The molecule has 2 heterocycles. The first kappa shape index (κ1) is 30.0. The van der Waals surface area contributed by atoms with Crippen molar-refractivity contribution in [1.82, 2.24) is 0 Å². The summed E-state index contributed by atoms with van der Waals surface area (Å²) in [5, 5.41) is 19.5. The molecule has 56 heavy (non-hydrogen) atoms. The van der Waals surface area contributed by atoms with Crippen LogP contribution < -0.4 is 0 Å². The van der Waals surface area contributed by atoms with E-state index in [4.69, 9.17) is 8.83 Å². The first-order valence-corrected chi connectivity index (χ1v) is 19.3. The second-order valence-corrected chi connectivity index (χ2v) is 15.1. The fraction of sp³-hybridized carbons (Fsp3) is 0. The minimum absolute atomic E-state index is 0.791. The molecule has 13 rings (SSSR count). The quantitative estimate of drug-likeness (QED) is 0.132. The van der Waals surface area contributed by atoms with Gasteiger partial charge in [0, 0.05) is 21.5 Å². The highest BCUT2D eigenvalue weighted by Gasteiger charge is 2.22. The summed E-state index contributed by atoms with van der Waals surface area (Å²) in [6.45, 7) is 0. The van der Waals surface area contributed by atoms with E-state index < -0.39 is 0 Å². The van der Waals surface area contributed by atoms with Gasteiger partial charge in [0.2, 0.25) is 0 Å². The summed E-state index contributed by atoms with van der Waals surface area (Å²) in [5.74, 6) is 0. The van der Waals surface area contributed by atoms with E-state index >= 15 is 0 Å². The van der Waals surface area contributed by atoms with Gasteiger partial charge in [-0.1, -0.05) is 146 Å². The normalized spacial score (nSPS) is 12.3. The van der Waals surface area contributed by atoms with Gasteiger partial charge in [-0.25, -0.2) is 0 Å². The minimum Gasteiger partial charge on any atom is -0.452 e. The molecule has 0 aliphatic carbocycles. The molecule has 0 aliphatic rings. The van der Waals surface area contributed by atoms with Crippen LogP contribution in [0.3, 0.4) is 0 Å². The van der Waals surface area contributed by atoms with E-state index in [1.807, 2.05) is 12.1 Å². The molecule has 2 aromatic heterocycles. The molecule has 0 amide bonds. The van der Waals surface area contributed by atoms with Crippen LogP contribution in [0.2, 0.25) is 0 Å². The maximum Gasteiger partial charge on any atom is 0.178 e. The highest BCUT2D eigenvalue weighted by molar-refractivity contribution is 6.35. The Morgan fingerprint density at radius 1 is 0.250 bits per heavy atom. The summed E-state index contributed by atoms with van der Waals surface area (Å²) in [6, 6.07) is 66.4. The van der Waals surface area contributed by atoms with Crippen LogP contribution in [0.4, 0.5) is 0 Å². The van der Waals surface area contributed by atoms with Crippen LogP contribution in [-0.2, 0) is 0 Å². The second kappa shape index (κ2) is 11.1. The van der Waals surface area contributed by atoms with Crippen LogP contribution in [0.15, 0.2) is 191 Å². The predicted octanol–water partition coefficient (Wildman–Crippen LogP) is 15.7. The maximum atomic E-state index is 6.58. The number of rotatable bonds is 2. The van der Waals surface area contributed by atoms with Crippen LogP contribution in [0.25, 0.3) is 131 Å². The molecule has 11 aromatic carbocycles. The van der Waals surface area contributed by atoms with Crippen molar-refractivity contribution in [2.75, 3.05) is 0 Å². The van der Waals surface area contributed by atoms with Crippen molar-refractivity contribution in [3.05, 3.63) is 182 Å². The molecule has 0 atom stereocenters. The third kappa shape index (κ3) is 3.95. The van der Waals surface area contributed by atoms with Gasteiger partial charge < -0.3 is 8.83 Å². The zero-order chi connectivity index (χ0) is 36.5. The molecule has 0 spiro atoms. The van der Waals surface area contributed by atoms with Gasteiger partial charge in [0.1, 0.15) is 11.2 Å². The lowest BCUT2D eigenvalue weighted by molar-refractivity contribution is 0.633. The molecule has 0 radical (unpaired) electrons. The topological polar surface area (TPSA) is 26.3 Å². The summed E-state index contributed by atoms with van der Waals surface area (Å²) < 4.78 is 13.0. The highest BCUT2D eigenvalue weighted by atomic mass is 16.4. The van der Waals surface area contributed by atoms with E-state index in [1.54, 1.807) is 0 Å². The number of hydrogen-bond acceptors (Lipinski definition) is 2. The average molecular weight is 711 g/mol. The SMILES string of the molecule is c1ccc2c(c1)oc1c2ccc2c3cc(-c4c5ccccc5c(-c5cc6c7ccccc7c7ccccc7c6c6ccccc56)c5ccccc45)ccc3oc21. The molecular weight excluding hydrogens is 681 g/mol.